The van der Waals surface area contributed by atoms with E-state index in [1.807, 2.05) is 6.92 Å². The summed E-state index contributed by atoms with van der Waals surface area (Å²) in [6.45, 7) is 5.54. The molecule has 0 spiro atoms. The molecule has 138 valence electrons. The zero-order valence-corrected chi connectivity index (χ0v) is 14.6. The van der Waals surface area contributed by atoms with Gasteiger partial charge in [0.25, 0.3) is 5.89 Å². The Morgan fingerprint density at radius 3 is 2.77 bits per heavy atom. The van der Waals surface area contributed by atoms with Gasteiger partial charge in [0.15, 0.2) is 5.70 Å². The van der Waals surface area contributed by atoms with Crippen molar-refractivity contribution in [3.63, 3.8) is 0 Å². The molecule has 2 aromatic rings. The van der Waals surface area contributed by atoms with E-state index in [0.717, 1.165) is 36.9 Å². The summed E-state index contributed by atoms with van der Waals surface area (Å²) in [7, 11) is 1.53. The number of hydrogen-bond donors (Lipinski definition) is 0. The van der Waals surface area contributed by atoms with Gasteiger partial charge in [-0.1, -0.05) is 5.16 Å². The normalized spacial score (nSPS) is 16.9. The van der Waals surface area contributed by atoms with Crippen molar-refractivity contribution in [1.29, 1.82) is 0 Å². The number of halogens is 2. The van der Waals surface area contributed by atoms with E-state index in [1.54, 1.807) is 0 Å². The van der Waals surface area contributed by atoms with Crippen molar-refractivity contribution in [3.05, 3.63) is 41.3 Å². The van der Waals surface area contributed by atoms with Gasteiger partial charge in [-0.3, -0.25) is 4.90 Å². The predicted octanol–water partition coefficient (Wildman–Crippen LogP) is 3.16. The lowest BCUT2D eigenvalue weighted by atomic mass is 10.2. The molecule has 9 heteroatoms. The van der Waals surface area contributed by atoms with Crippen LogP contribution in [0.4, 0.5) is 8.78 Å². The van der Waals surface area contributed by atoms with Crippen molar-refractivity contribution in [1.82, 2.24) is 15.0 Å². The Morgan fingerprint density at radius 1 is 1.27 bits per heavy atom. The number of hydrogen-bond acceptors (Lipinski definition) is 7. The fourth-order valence-corrected chi connectivity index (χ4v) is 2.68. The number of aromatic nitrogens is 2. The maximum atomic E-state index is 13.9. The first kappa shape index (κ1) is 18.3. The third-order valence-corrected chi connectivity index (χ3v) is 3.97. The minimum absolute atomic E-state index is 0.0417. The summed E-state index contributed by atoms with van der Waals surface area (Å²) in [6, 6.07) is 3.07. The maximum absolute atomic E-state index is 13.9. The van der Waals surface area contributed by atoms with E-state index in [2.05, 4.69) is 25.3 Å². The molecule has 1 aliphatic rings. The highest BCUT2D eigenvalue weighted by Crippen LogP contribution is 2.25. The zero-order chi connectivity index (χ0) is 18.5. The maximum Gasteiger partial charge on any atom is 0.278 e. The number of morpholine rings is 1. The van der Waals surface area contributed by atoms with Crippen molar-refractivity contribution in [2.75, 3.05) is 39.9 Å². The van der Waals surface area contributed by atoms with Crippen LogP contribution in [0.25, 0.3) is 17.1 Å². The minimum atomic E-state index is -0.633. The molecule has 0 bridgehead atoms. The molecule has 0 amide bonds. The van der Waals surface area contributed by atoms with Crippen molar-refractivity contribution in [2.45, 2.75) is 6.92 Å². The SMILES string of the molecule is CN=N/C(=C(\C)CN1CCOCC1)c1nc(-c2cc(F)ccc2F)no1. The van der Waals surface area contributed by atoms with Crippen LogP contribution in [-0.4, -0.2) is 54.9 Å². The molecule has 0 atom stereocenters. The van der Waals surface area contributed by atoms with Crippen molar-refractivity contribution in [2.24, 2.45) is 10.2 Å². The van der Waals surface area contributed by atoms with E-state index >= 15 is 0 Å². The Bertz CT molecular complexity index is 828. The number of rotatable bonds is 5. The molecule has 1 aliphatic heterocycles. The van der Waals surface area contributed by atoms with Crippen molar-refractivity contribution in [3.8, 4) is 11.4 Å². The first-order valence-corrected chi connectivity index (χ1v) is 8.17. The van der Waals surface area contributed by atoms with Gasteiger partial charge in [-0.2, -0.15) is 15.2 Å². The van der Waals surface area contributed by atoms with Crippen LogP contribution in [0.3, 0.4) is 0 Å². The monoisotopic (exact) mass is 363 g/mol. The number of nitrogens with zero attached hydrogens (tertiary/aromatic N) is 5. The molecule has 7 nitrogen and oxygen atoms in total. The number of azo groups is 1. The average molecular weight is 363 g/mol. The molecule has 0 N–H and O–H groups in total. The molecule has 2 heterocycles. The van der Waals surface area contributed by atoms with Gasteiger partial charge in [0.1, 0.15) is 11.6 Å². The van der Waals surface area contributed by atoms with Crippen LogP contribution in [0.2, 0.25) is 0 Å². The molecular formula is C17H19F2N5O2. The molecule has 1 saturated heterocycles. The molecule has 0 unspecified atom stereocenters. The first-order chi connectivity index (χ1) is 12.6. The first-order valence-electron chi connectivity index (χ1n) is 8.17. The molecule has 0 radical (unpaired) electrons. The van der Waals surface area contributed by atoms with Gasteiger partial charge in [0.05, 0.1) is 18.8 Å². The molecule has 0 aliphatic carbocycles. The summed E-state index contributed by atoms with van der Waals surface area (Å²) in [5, 5.41) is 11.7. The van der Waals surface area contributed by atoms with Gasteiger partial charge in [-0.25, -0.2) is 8.78 Å². The third kappa shape index (κ3) is 4.17. The quantitative estimate of drug-likeness (QED) is 0.763. The Hall–Kier alpha value is -2.52. The smallest absolute Gasteiger partial charge is 0.278 e. The second-order valence-corrected chi connectivity index (χ2v) is 5.86. The van der Waals surface area contributed by atoms with Crippen LogP contribution in [0.1, 0.15) is 12.8 Å². The Balaban J connectivity index is 1.90. The summed E-state index contributed by atoms with van der Waals surface area (Å²) in [4.78, 5) is 6.39. The summed E-state index contributed by atoms with van der Waals surface area (Å²) < 4.78 is 37.9. The minimum Gasteiger partial charge on any atom is -0.379 e. The van der Waals surface area contributed by atoms with Crippen LogP contribution in [-0.2, 0) is 4.74 Å². The van der Waals surface area contributed by atoms with Crippen LogP contribution >= 0.6 is 0 Å². The van der Waals surface area contributed by atoms with E-state index in [0.29, 0.717) is 25.5 Å². The van der Waals surface area contributed by atoms with Gasteiger partial charge in [-0.15, -0.1) is 0 Å². The lowest BCUT2D eigenvalue weighted by molar-refractivity contribution is 0.0423. The van der Waals surface area contributed by atoms with Crippen LogP contribution in [0.5, 0.6) is 0 Å². The molecule has 0 saturated carbocycles. The third-order valence-electron chi connectivity index (χ3n) is 3.97. The van der Waals surface area contributed by atoms with Gasteiger partial charge < -0.3 is 9.26 Å². The van der Waals surface area contributed by atoms with E-state index in [4.69, 9.17) is 9.26 Å². The Labute approximate surface area is 149 Å². The molecule has 26 heavy (non-hydrogen) atoms. The predicted molar refractivity (Wildman–Crippen MR) is 90.3 cm³/mol. The Kier molecular flexibility index (Phi) is 5.79. The van der Waals surface area contributed by atoms with Gasteiger partial charge in [0.2, 0.25) is 5.82 Å². The van der Waals surface area contributed by atoms with Crippen LogP contribution < -0.4 is 0 Å². The van der Waals surface area contributed by atoms with Crippen molar-refractivity contribution >= 4 is 5.70 Å². The van der Waals surface area contributed by atoms with Crippen LogP contribution in [0.15, 0.2) is 38.5 Å². The van der Waals surface area contributed by atoms with Crippen molar-refractivity contribution < 1.29 is 18.0 Å². The molecule has 1 fully saturated rings. The number of benzene rings is 1. The molecule has 1 aromatic carbocycles. The summed E-state index contributed by atoms with van der Waals surface area (Å²) in [5.74, 6) is -1.15. The second-order valence-electron chi connectivity index (χ2n) is 5.86. The summed E-state index contributed by atoms with van der Waals surface area (Å²) in [5.41, 5.74) is 1.24. The largest absolute Gasteiger partial charge is 0.379 e. The highest BCUT2D eigenvalue weighted by Gasteiger charge is 2.20. The van der Waals surface area contributed by atoms with Gasteiger partial charge in [0, 0.05) is 26.7 Å². The fourth-order valence-electron chi connectivity index (χ4n) is 2.68. The highest BCUT2D eigenvalue weighted by molar-refractivity contribution is 5.63. The number of ether oxygens (including phenoxy) is 1. The molecule has 1 aromatic heterocycles. The lowest BCUT2D eigenvalue weighted by Gasteiger charge is -2.26. The van der Waals surface area contributed by atoms with Gasteiger partial charge in [-0.05, 0) is 30.7 Å². The van der Waals surface area contributed by atoms with E-state index in [9.17, 15) is 8.78 Å². The fraction of sp³-hybridized carbons (Fsp3) is 0.412. The summed E-state index contributed by atoms with van der Waals surface area (Å²) in [6.07, 6.45) is 0. The zero-order valence-electron chi connectivity index (χ0n) is 14.6. The average Bonchev–Trinajstić information content (AvgIpc) is 3.12. The topological polar surface area (TPSA) is 76.1 Å². The molecule has 3 rings (SSSR count). The van der Waals surface area contributed by atoms with Crippen LogP contribution in [0, 0.1) is 11.6 Å². The Morgan fingerprint density at radius 2 is 2.04 bits per heavy atom. The lowest BCUT2D eigenvalue weighted by Crippen LogP contribution is -2.37. The van der Waals surface area contributed by atoms with E-state index < -0.39 is 11.6 Å². The van der Waals surface area contributed by atoms with E-state index in [1.165, 1.54) is 7.05 Å². The molecular weight excluding hydrogens is 344 g/mol. The van der Waals surface area contributed by atoms with Gasteiger partial charge >= 0.3 is 0 Å². The summed E-state index contributed by atoms with van der Waals surface area (Å²) >= 11 is 0. The standard InChI is InChI=1S/C17H19F2N5O2/c1-11(10-24-5-7-25-8-6-24)15(22-20-2)17-21-16(23-26-17)13-9-12(18)3-4-14(13)19/h3-4,9H,5-8,10H2,1-2H3/b15-11+,22-20?. The highest BCUT2D eigenvalue weighted by atomic mass is 19.1. The second kappa shape index (κ2) is 8.24. The van der Waals surface area contributed by atoms with E-state index in [-0.39, 0.29) is 17.3 Å².